The summed E-state index contributed by atoms with van der Waals surface area (Å²) in [6.45, 7) is 3.89. The lowest BCUT2D eigenvalue weighted by Crippen LogP contribution is -2.12. The normalized spacial score (nSPS) is 11.7. The van der Waals surface area contributed by atoms with Crippen molar-refractivity contribution in [2.75, 3.05) is 5.32 Å². The number of rotatable bonds is 5. The van der Waals surface area contributed by atoms with Gasteiger partial charge in [0, 0.05) is 23.5 Å². The van der Waals surface area contributed by atoms with E-state index in [-0.39, 0.29) is 12.0 Å². The highest BCUT2D eigenvalue weighted by Crippen LogP contribution is 2.25. The summed E-state index contributed by atoms with van der Waals surface area (Å²) in [6.07, 6.45) is 2.96. The van der Waals surface area contributed by atoms with Crippen molar-refractivity contribution in [3.8, 4) is 5.75 Å². The van der Waals surface area contributed by atoms with Crippen LogP contribution in [0.15, 0.2) is 67.0 Å². The maximum Gasteiger partial charge on any atom is 0.255 e. The van der Waals surface area contributed by atoms with Gasteiger partial charge in [0.1, 0.15) is 11.9 Å². The van der Waals surface area contributed by atoms with Gasteiger partial charge in [-0.1, -0.05) is 41.4 Å². The molecule has 0 aliphatic carbocycles. The van der Waals surface area contributed by atoms with E-state index in [9.17, 15) is 4.79 Å². The molecule has 1 atom stereocenters. The van der Waals surface area contributed by atoms with Crippen LogP contribution >= 0.6 is 11.6 Å². The molecule has 132 valence electrons. The third kappa shape index (κ3) is 4.61. The molecule has 0 saturated heterocycles. The molecule has 5 heteroatoms. The molecule has 0 fully saturated rings. The number of hydrogen-bond donors (Lipinski definition) is 1. The van der Waals surface area contributed by atoms with Crippen LogP contribution in [0, 0.1) is 6.92 Å². The molecule has 1 aromatic heterocycles. The van der Waals surface area contributed by atoms with Gasteiger partial charge < -0.3 is 10.1 Å². The second-order valence-electron chi connectivity index (χ2n) is 6.05. The molecule has 0 spiro atoms. The Hall–Kier alpha value is -2.85. The van der Waals surface area contributed by atoms with Crippen molar-refractivity contribution >= 4 is 23.2 Å². The molecule has 0 saturated carbocycles. The predicted octanol–water partition coefficient (Wildman–Crippen LogP) is 5.44. The Balaban J connectivity index is 1.72. The summed E-state index contributed by atoms with van der Waals surface area (Å²) in [6, 6.07) is 16.8. The fraction of sp³-hybridized carbons (Fsp3) is 0.143. The number of hydrogen-bond acceptors (Lipinski definition) is 3. The van der Waals surface area contributed by atoms with Gasteiger partial charge in [-0.15, -0.1) is 0 Å². The lowest BCUT2D eigenvalue weighted by atomic mass is 10.1. The van der Waals surface area contributed by atoms with E-state index < -0.39 is 0 Å². The van der Waals surface area contributed by atoms with E-state index in [1.54, 1.807) is 24.5 Å². The summed E-state index contributed by atoms with van der Waals surface area (Å²) in [7, 11) is 0. The van der Waals surface area contributed by atoms with Crippen molar-refractivity contribution in [3.63, 3.8) is 0 Å². The molecule has 3 rings (SSSR count). The summed E-state index contributed by atoms with van der Waals surface area (Å²) in [5.74, 6) is 0.456. The maximum absolute atomic E-state index is 12.4. The van der Waals surface area contributed by atoms with Gasteiger partial charge in [0.2, 0.25) is 0 Å². The molecule has 1 amide bonds. The number of benzene rings is 2. The van der Waals surface area contributed by atoms with Gasteiger partial charge in [-0.3, -0.25) is 9.78 Å². The minimum atomic E-state index is -0.217. The number of carbonyl (C=O) groups excluding carboxylic acids is 1. The van der Waals surface area contributed by atoms with E-state index in [0.29, 0.717) is 22.0 Å². The fourth-order valence-electron chi connectivity index (χ4n) is 2.59. The standard InChI is InChI=1S/C21H19ClN2O2/c1-14-5-3-7-17(9-14)21(25)24-19-8-4-6-16(10-19)15(2)26-20-11-18(22)12-23-13-20/h3-13,15H,1-2H3,(H,24,25)/t15-/m1/s1. The Morgan fingerprint density at radius 3 is 2.69 bits per heavy atom. The van der Waals surface area contributed by atoms with E-state index in [0.717, 1.165) is 11.1 Å². The molecule has 1 N–H and O–H groups in total. The number of carbonyl (C=O) groups is 1. The lowest BCUT2D eigenvalue weighted by molar-refractivity contribution is 0.102. The number of ether oxygens (including phenoxy) is 1. The summed E-state index contributed by atoms with van der Waals surface area (Å²) >= 11 is 5.94. The number of nitrogens with zero attached hydrogens (tertiary/aromatic N) is 1. The van der Waals surface area contributed by atoms with Crippen molar-refractivity contribution in [2.24, 2.45) is 0 Å². The number of amides is 1. The van der Waals surface area contributed by atoms with Crippen LogP contribution in [0.5, 0.6) is 5.75 Å². The number of aromatic nitrogens is 1. The topological polar surface area (TPSA) is 51.2 Å². The van der Waals surface area contributed by atoms with E-state index in [1.807, 2.05) is 56.3 Å². The average Bonchev–Trinajstić information content (AvgIpc) is 2.62. The third-order valence-corrected chi connectivity index (χ3v) is 4.09. The van der Waals surface area contributed by atoms with Crippen molar-refractivity contribution < 1.29 is 9.53 Å². The largest absolute Gasteiger partial charge is 0.484 e. The highest BCUT2D eigenvalue weighted by Gasteiger charge is 2.11. The highest BCUT2D eigenvalue weighted by molar-refractivity contribution is 6.30. The van der Waals surface area contributed by atoms with Crippen molar-refractivity contribution in [3.05, 3.63) is 88.7 Å². The Labute approximate surface area is 157 Å². The molecule has 26 heavy (non-hydrogen) atoms. The third-order valence-electron chi connectivity index (χ3n) is 3.89. The highest BCUT2D eigenvalue weighted by atomic mass is 35.5. The monoisotopic (exact) mass is 366 g/mol. The summed E-state index contributed by atoms with van der Waals surface area (Å²) in [4.78, 5) is 16.4. The predicted molar refractivity (Wildman–Crippen MR) is 104 cm³/mol. The zero-order valence-corrected chi connectivity index (χ0v) is 15.3. The van der Waals surface area contributed by atoms with Crippen molar-refractivity contribution in [1.82, 2.24) is 4.98 Å². The van der Waals surface area contributed by atoms with Crippen LogP contribution < -0.4 is 10.1 Å². The van der Waals surface area contributed by atoms with Gasteiger partial charge in [0.15, 0.2) is 0 Å². The molecular weight excluding hydrogens is 348 g/mol. The van der Waals surface area contributed by atoms with Crippen LogP contribution in [0.25, 0.3) is 0 Å². The van der Waals surface area contributed by atoms with Crippen LogP contribution in [0.1, 0.15) is 34.5 Å². The minimum Gasteiger partial charge on any atom is -0.484 e. The van der Waals surface area contributed by atoms with E-state index >= 15 is 0 Å². The van der Waals surface area contributed by atoms with Gasteiger partial charge in [-0.2, -0.15) is 0 Å². The summed E-state index contributed by atoms with van der Waals surface area (Å²) in [5.41, 5.74) is 3.33. The number of halogens is 1. The zero-order valence-electron chi connectivity index (χ0n) is 14.6. The molecular formula is C21H19ClN2O2. The Bertz CT molecular complexity index is 927. The molecule has 0 radical (unpaired) electrons. The zero-order chi connectivity index (χ0) is 18.5. The van der Waals surface area contributed by atoms with Gasteiger partial charge in [-0.25, -0.2) is 0 Å². The molecule has 0 aliphatic rings. The van der Waals surface area contributed by atoms with E-state index in [1.165, 1.54) is 0 Å². The quantitative estimate of drug-likeness (QED) is 0.654. The first-order valence-electron chi connectivity index (χ1n) is 8.26. The van der Waals surface area contributed by atoms with Crippen molar-refractivity contribution in [1.29, 1.82) is 0 Å². The Morgan fingerprint density at radius 1 is 1.12 bits per heavy atom. The second kappa shape index (κ2) is 8.02. The molecule has 2 aromatic carbocycles. The van der Waals surface area contributed by atoms with Crippen molar-refractivity contribution in [2.45, 2.75) is 20.0 Å². The number of nitrogens with one attached hydrogen (secondary N) is 1. The molecule has 4 nitrogen and oxygen atoms in total. The number of aryl methyl sites for hydroxylation is 1. The number of pyridine rings is 1. The second-order valence-corrected chi connectivity index (χ2v) is 6.48. The SMILES string of the molecule is Cc1cccc(C(=O)Nc2cccc([C@@H](C)Oc3cncc(Cl)c3)c2)c1. The molecule has 0 unspecified atom stereocenters. The average molecular weight is 367 g/mol. The summed E-state index contributed by atoms with van der Waals surface area (Å²) < 4.78 is 5.88. The van der Waals surface area contributed by atoms with Gasteiger partial charge in [0.25, 0.3) is 5.91 Å². The van der Waals surface area contributed by atoms with E-state index in [2.05, 4.69) is 10.3 Å². The van der Waals surface area contributed by atoms with Gasteiger partial charge in [0.05, 0.1) is 11.2 Å². The maximum atomic E-state index is 12.4. The first kappa shape index (κ1) is 18.0. The smallest absolute Gasteiger partial charge is 0.255 e. The van der Waals surface area contributed by atoms with E-state index in [4.69, 9.17) is 16.3 Å². The van der Waals surface area contributed by atoms with Gasteiger partial charge in [-0.05, 0) is 43.7 Å². The lowest BCUT2D eigenvalue weighted by Gasteiger charge is -2.16. The Kier molecular flexibility index (Phi) is 5.54. The first-order chi connectivity index (χ1) is 12.5. The minimum absolute atomic E-state index is 0.140. The molecule has 3 aromatic rings. The van der Waals surface area contributed by atoms with Crippen LogP contribution in [0.3, 0.4) is 0 Å². The summed E-state index contributed by atoms with van der Waals surface area (Å²) in [5, 5.41) is 3.45. The van der Waals surface area contributed by atoms with Gasteiger partial charge >= 0.3 is 0 Å². The Morgan fingerprint density at radius 2 is 1.92 bits per heavy atom. The van der Waals surface area contributed by atoms with Crippen LogP contribution in [0.4, 0.5) is 5.69 Å². The number of anilines is 1. The van der Waals surface area contributed by atoms with Crippen LogP contribution in [-0.4, -0.2) is 10.9 Å². The fourth-order valence-corrected chi connectivity index (χ4v) is 2.75. The van der Waals surface area contributed by atoms with Crippen LogP contribution in [0.2, 0.25) is 5.02 Å². The molecule has 0 aliphatic heterocycles. The molecule has 0 bridgehead atoms. The first-order valence-corrected chi connectivity index (χ1v) is 8.64. The van der Waals surface area contributed by atoms with Crippen LogP contribution in [-0.2, 0) is 0 Å². The molecule has 1 heterocycles.